The number of carboxylic acids is 1. The standard InChI is InChI=1S/C13H18N2O2/c1-14(2)9-12(13(16)17)15-8-7-10-5-3-4-6-11(10)15/h3-6,12H,7-9H2,1-2H3,(H,16,17). The zero-order valence-electron chi connectivity index (χ0n) is 10.3. The van der Waals surface area contributed by atoms with E-state index in [9.17, 15) is 9.90 Å². The number of anilines is 1. The van der Waals surface area contributed by atoms with Crippen LogP contribution in [0.1, 0.15) is 5.56 Å². The van der Waals surface area contributed by atoms with Gasteiger partial charge < -0.3 is 14.9 Å². The number of likely N-dealkylation sites (N-methyl/N-ethyl adjacent to an activating group) is 1. The molecule has 92 valence electrons. The number of hydrogen-bond donors (Lipinski definition) is 1. The van der Waals surface area contributed by atoms with Crippen molar-refractivity contribution in [2.75, 3.05) is 32.1 Å². The molecule has 0 aliphatic carbocycles. The Morgan fingerprint density at radius 1 is 1.47 bits per heavy atom. The van der Waals surface area contributed by atoms with Crippen LogP contribution in [0.25, 0.3) is 0 Å². The van der Waals surface area contributed by atoms with Crippen molar-refractivity contribution in [3.05, 3.63) is 29.8 Å². The molecule has 0 aromatic heterocycles. The van der Waals surface area contributed by atoms with Crippen LogP contribution in [0.15, 0.2) is 24.3 Å². The van der Waals surface area contributed by atoms with Crippen LogP contribution in [0.5, 0.6) is 0 Å². The van der Waals surface area contributed by atoms with Crippen LogP contribution in [0.3, 0.4) is 0 Å². The van der Waals surface area contributed by atoms with Gasteiger partial charge in [-0.3, -0.25) is 0 Å². The predicted molar refractivity (Wildman–Crippen MR) is 67.5 cm³/mol. The van der Waals surface area contributed by atoms with Crippen LogP contribution in [-0.4, -0.2) is 49.2 Å². The monoisotopic (exact) mass is 234 g/mol. The van der Waals surface area contributed by atoms with E-state index >= 15 is 0 Å². The molecule has 0 spiro atoms. The Kier molecular flexibility index (Phi) is 3.33. The summed E-state index contributed by atoms with van der Waals surface area (Å²) < 4.78 is 0. The van der Waals surface area contributed by atoms with E-state index in [0.29, 0.717) is 6.54 Å². The summed E-state index contributed by atoms with van der Waals surface area (Å²) in [6.07, 6.45) is 0.938. The van der Waals surface area contributed by atoms with Crippen molar-refractivity contribution in [3.8, 4) is 0 Å². The van der Waals surface area contributed by atoms with Crippen LogP contribution in [-0.2, 0) is 11.2 Å². The van der Waals surface area contributed by atoms with Gasteiger partial charge in [-0.15, -0.1) is 0 Å². The van der Waals surface area contributed by atoms with Crippen LogP contribution in [0, 0.1) is 0 Å². The first kappa shape index (κ1) is 11.9. The van der Waals surface area contributed by atoms with Crippen LogP contribution >= 0.6 is 0 Å². The second-order valence-electron chi connectivity index (χ2n) is 4.69. The molecule has 0 saturated heterocycles. The molecule has 4 heteroatoms. The third kappa shape index (κ3) is 2.42. The highest BCUT2D eigenvalue weighted by atomic mass is 16.4. The van der Waals surface area contributed by atoms with Gasteiger partial charge >= 0.3 is 5.97 Å². The Morgan fingerprint density at radius 2 is 2.18 bits per heavy atom. The van der Waals surface area contributed by atoms with E-state index in [0.717, 1.165) is 18.7 Å². The number of para-hydroxylation sites is 1. The first-order valence-corrected chi connectivity index (χ1v) is 5.81. The molecule has 0 amide bonds. The third-order valence-electron chi connectivity index (χ3n) is 3.12. The van der Waals surface area contributed by atoms with Crippen LogP contribution in [0.2, 0.25) is 0 Å². The Morgan fingerprint density at radius 3 is 2.82 bits per heavy atom. The maximum Gasteiger partial charge on any atom is 0.327 e. The normalized spacial score (nSPS) is 16.1. The molecule has 2 rings (SSSR count). The first-order valence-electron chi connectivity index (χ1n) is 5.81. The van der Waals surface area contributed by atoms with Gasteiger partial charge in [0.1, 0.15) is 6.04 Å². The Balaban J connectivity index is 2.24. The van der Waals surface area contributed by atoms with Crippen molar-refractivity contribution in [1.82, 2.24) is 4.90 Å². The number of nitrogens with zero attached hydrogens (tertiary/aromatic N) is 2. The molecule has 1 aromatic rings. The molecule has 1 heterocycles. The van der Waals surface area contributed by atoms with Gasteiger partial charge in [-0.1, -0.05) is 18.2 Å². The number of hydrogen-bond acceptors (Lipinski definition) is 3. The minimum Gasteiger partial charge on any atom is -0.480 e. The average Bonchev–Trinajstić information content (AvgIpc) is 2.69. The fourth-order valence-corrected chi connectivity index (χ4v) is 2.34. The highest BCUT2D eigenvalue weighted by Crippen LogP contribution is 2.29. The van der Waals surface area contributed by atoms with E-state index in [2.05, 4.69) is 6.07 Å². The third-order valence-corrected chi connectivity index (χ3v) is 3.12. The summed E-state index contributed by atoms with van der Waals surface area (Å²) in [6.45, 7) is 1.33. The fourth-order valence-electron chi connectivity index (χ4n) is 2.34. The highest BCUT2D eigenvalue weighted by Gasteiger charge is 2.30. The molecule has 0 radical (unpaired) electrons. The van der Waals surface area contributed by atoms with E-state index in [-0.39, 0.29) is 0 Å². The topological polar surface area (TPSA) is 43.8 Å². The summed E-state index contributed by atoms with van der Waals surface area (Å²) in [6, 6.07) is 7.59. The van der Waals surface area contributed by atoms with E-state index in [4.69, 9.17) is 0 Å². The van der Waals surface area contributed by atoms with Crippen molar-refractivity contribution < 1.29 is 9.90 Å². The van der Waals surface area contributed by atoms with E-state index in [1.54, 1.807) is 0 Å². The maximum atomic E-state index is 11.4. The van der Waals surface area contributed by atoms with E-state index in [1.165, 1.54) is 5.56 Å². The van der Waals surface area contributed by atoms with Crippen molar-refractivity contribution >= 4 is 11.7 Å². The Hall–Kier alpha value is -1.55. The molecule has 0 bridgehead atoms. The SMILES string of the molecule is CN(C)CC(C(=O)O)N1CCc2ccccc21. The number of carboxylic acid groups (broad SMARTS) is 1. The van der Waals surface area contributed by atoms with Crippen LogP contribution < -0.4 is 4.90 Å². The van der Waals surface area contributed by atoms with Crippen molar-refractivity contribution in [2.24, 2.45) is 0 Å². The molecule has 0 fully saturated rings. The van der Waals surface area contributed by atoms with Gasteiger partial charge in [0, 0.05) is 18.8 Å². The molecule has 1 unspecified atom stereocenters. The lowest BCUT2D eigenvalue weighted by Gasteiger charge is -2.29. The smallest absolute Gasteiger partial charge is 0.327 e. The summed E-state index contributed by atoms with van der Waals surface area (Å²) in [4.78, 5) is 15.3. The van der Waals surface area contributed by atoms with E-state index in [1.807, 2.05) is 42.1 Å². The minimum atomic E-state index is -0.754. The molecule has 0 saturated carbocycles. The number of aliphatic carboxylic acids is 1. The van der Waals surface area contributed by atoms with E-state index < -0.39 is 12.0 Å². The largest absolute Gasteiger partial charge is 0.480 e. The fraction of sp³-hybridized carbons (Fsp3) is 0.462. The highest BCUT2D eigenvalue weighted by molar-refractivity contribution is 5.80. The molecule has 4 nitrogen and oxygen atoms in total. The lowest BCUT2D eigenvalue weighted by atomic mass is 10.1. The molecule has 1 aromatic carbocycles. The number of benzene rings is 1. The summed E-state index contributed by atoms with van der Waals surface area (Å²) in [5.41, 5.74) is 2.32. The van der Waals surface area contributed by atoms with Gasteiger partial charge in [0.15, 0.2) is 0 Å². The van der Waals surface area contributed by atoms with Gasteiger partial charge in [0.2, 0.25) is 0 Å². The summed E-state index contributed by atoms with van der Waals surface area (Å²) in [5, 5.41) is 9.34. The summed E-state index contributed by atoms with van der Waals surface area (Å²) >= 11 is 0. The molecular formula is C13H18N2O2. The molecule has 1 atom stereocenters. The maximum absolute atomic E-state index is 11.4. The Labute approximate surface area is 101 Å². The quantitative estimate of drug-likeness (QED) is 0.846. The second kappa shape index (κ2) is 4.75. The van der Waals surface area contributed by atoms with Crippen LogP contribution in [0.4, 0.5) is 5.69 Å². The number of rotatable bonds is 4. The molecule has 1 aliphatic heterocycles. The summed E-state index contributed by atoms with van der Waals surface area (Å²) in [7, 11) is 3.80. The second-order valence-corrected chi connectivity index (χ2v) is 4.69. The van der Waals surface area contributed by atoms with Crippen molar-refractivity contribution in [2.45, 2.75) is 12.5 Å². The number of fused-ring (bicyclic) bond motifs is 1. The van der Waals surface area contributed by atoms with Gasteiger partial charge in [-0.05, 0) is 32.1 Å². The molecular weight excluding hydrogens is 216 g/mol. The average molecular weight is 234 g/mol. The predicted octanol–water partition coefficient (Wildman–Crippen LogP) is 1.06. The van der Waals surface area contributed by atoms with Gasteiger partial charge in [0.05, 0.1) is 0 Å². The number of carbonyl (C=O) groups is 1. The zero-order valence-corrected chi connectivity index (χ0v) is 10.3. The summed E-state index contributed by atoms with van der Waals surface area (Å²) in [5.74, 6) is -0.754. The lowest BCUT2D eigenvalue weighted by Crippen LogP contribution is -2.46. The van der Waals surface area contributed by atoms with Crippen molar-refractivity contribution in [1.29, 1.82) is 0 Å². The first-order chi connectivity index (χ1) is 8.09. The Bertz CT molecular complexity index is 418. The lowest BCUT2D eigenvalue weighted by molar-refractivity contribution is -0.138. The minimum absolute atomic E-state index is 0.464. The van der Waals surface area contributed by atoms with Crippen molar-refractivity contribution in [3.63, 3.8) is 0 Å². The van der Waals surface area contributed by atoms with Gasteiger partial charge in [-0.2, -0.15) is 0 Å². The zero-order chi connectivity index (χ0) is 12.4. The molecule has 1 aliphatic rings. The van der Waals surface area contributed by atoms with Gasteiger partial charge in [-0.25, -0.2) is 4.79 Å². The van der Waals surface area contributed by atoms with Gasteiger partial charge in [0.25, 0.3) is 0 Å². The molecule has 17 heavy (non-hydrogen) atoms. The molecule has 1 N–H and O–H groups in total.